The van der Waals surface area contributed by atoms with Crippen molar-refractivity contribution in [1.29, 1.82) is 0 Å². The number of thiocarbonyl (C=S) groups is 1. The van der Waals surface area contributed by atoms with E-state index in [2.05, 4.69) is 22.5 Å². The van der Waals surface area contributed by atoms with Gasteiger partial charge in [0.2, 0.25) is 0 Å². The number of benzene rings is 1. The van der Waals surface area contributed by atoms with Gasteiger partial charge in [0.1, 0.15) is 12.3 Å². The Kier molecular flexibility index (Phi) is 7.35. The van der Waals surface area contributed by atoms with Crippen LogP contribution in [0.5, 0.6) is 11.5 Å². The van der Waals surface area contributed by atoms with Gasteiger partial charge in [-0.2, -0.15) is 0 Å². The van der Waals surface area contributed by atoms with Crippen molar-refractivity contribution in [2.75, 3.05) is 20.3 Å². The van der Waals surface area contributed by atoms with Gasteiger partial charge in [0.05, 0.1) is 11.1 Å². The minimum atomic E-state index is -0.0227. The van der Waals surface area contributed by atoms with Crippen LogP contribution in [0.3, 0.4) is 0 Å². The lowest BCUT2D eigenvalue weighted by molar-refractivity contribution is -0.124. The van der Waals surface area contributed by atoms with Gasteiger partial charge in [-0.25, -0.2) is 0 Å². The Hall–Kier alpha value is -1.86. The second-order valence-corrected chi connectivity index (χ2v) is 8.42. The average molecular weight is 479 g/mol. The van der Waals surface area contributed by atoms with Crippen molar-refractivity contribution in [3.05, 3.63) is 40.5 Å². The maximum absolute atomic E-state index is 13.2. The molecule has 2 fully saturated rings. The number of hydrogen-bond acceptors (Lipinski definition) is 4. The average Bonchev–Trinajstić information content (AvgIpc) is 2.91. The van der Waals surface area contributed by atoms with Crippen LogP contribution in [0.15, 0.2) is 35.0 Å². The maximum atomic E-state index is 13.2. The number of likely N-dealkylation sites (N-methyl/N-ethyl adjacent to an activating group) is 1. The zero-order chi connectivity index (χ0) is 21.0. The minimum absolute atomic E-state index is 0.0227. The fourth-order valence-electron chi connectivity index (χ4n) is 3.81. The summed E-state index contributed by atoms with van der Waals surface area (Å²) in [7, 11) is 1.86. The summed E-state index contributed by atoms with van der Waals surface area (Å²) in [6, 6.07) is 4.01. The van der Waals surface area contributed by atoms with Crippen LogP contribution in [0.4, 0.5) is 0 Å². The van der Waals surface area contributed by atoms with Crippen molar-refractivity contribution in [2.24, 2.45) is 0 Å². The molecular weight excluding hydrogens is 452 g/mol. The second kappa shape index (κ2) is 9.76. The lowest BCUT2D eigenvalue weighted by Crippen LogP contribution is -2.41. The number of rotatable bonds is 7. The highest BCUT2D eigenvalue weighted by atomic mass is 79.9. The van der Waals surface area contributed by atoms with Gasteiger partial charge < -0.3 is 14.4 Å². The van der Waals surface area contributed by atoms with Gasteiger partial charge in [0.25, 0.3) is 5.91 Å². The van der Waals surface area contributed by atoms with E-state index in [0.717, 1.165) is 35.7 Å². The molecule has 7 heteroatoms. The summed E-state index contributed by atoms with van der Waals surface area (Å²) >= 11 is 9.16. The molecule has 29 heavy (non-hydrogen) atoms. The van der Waals surface area contributed by atoms with Gasteiger partial charge in [-0.05, 0) is 71.7 Å². The summed E-state index contributed by atoms with van der Waals surface area (Å²) in [6.45, 7) is 6.50. The number of halogens is 1. The SMILES string of the molecule is C=CCOc1c(Br)cc(/C=C2/C(=O)N(C3CCCCC3)C(=S)N2C)cc1OCC. The van der Waals surface area contributed by atoms with Crippen molar-refractivity contribution in [3.8, 4) is 11.5 Å². The van der Waals surface area contributed by atoms with Gasteiger partial charge in [0, 0.05) is 13.1 Å². The zero-order valence-electron chi connectivity index (χ0n) is 16.9. The molecular formula is C22H27BrN2O3S. The fourth-order valence-corrected chi connectivity index (χ4v) is 4.72. The first kappa shape index (κ1) is 21.8. The number of carbonyl (C=O) groups is 1. The van der Waals surface area contributed by atoms with Crippen molar-refractivity contribution in [2.45, 2.75) is 45.1 Å². The van der Waals surface area contributed by atoms with Crippen molar-refractivity contribution < 1.29 is 14.3 Å². The molecule has 1 aliphatic heterocycles. The maximum Gasteiger partial charge on any atom is 0.277 e. The molecule has 0 atom stereocenters. The first-order valence-corrected chi connectivity index (χ1v) is 11.2. The van der Waals surface area contributed by atoms with Crippen LogP contribution in [0.2, 0.25) is 0 Å². The standard InChI is InChI=1S/C22H27BrN2O3S/c1-4-11-28-20-17(23)12-15(14-19(20)27-5-2)13-18-21(26)25(22(29)24(18)3)16-9-7-6-8-10-16/h4,12-14,16H,1,5-11H2,2-3H3/b18-13-. The molecule has 0 unspecified atom stereocenters. The van der Waals surface area contributed by atoms with Crippen molar-refractivity contribution in [1.82, 2.24) is 9.80 Å². The molecule has 0 N–H and O–H groups in total. The van der Waals surface area contributed by atoms with Crippen LogP contribution in [0.25, 0.3) is 6.08 Å². The second-order valence-electron chi connectivity index (χ2n) is 7.20. The molecule has 2 aliphatic rings. The van der Waals surface area contributed by atoms with E-state index in [4.69, 9.17) is 21.7 Å². The number of ether oxygens (including phenoxy) is 2. The molecule has 1 aromatic carbocycles. The molecule has 1 aromatic rings. The van der Waals surface area contributed by atoms with E-state index in [9.17, 15) is 4.79 Å². The van der Waals surface area contributed by atoms with E-state index < -0.39 is 0 Å². The molecule has 1 saturated carbocycles. The van der Waals surface area contributed by atoms with E-state index in [1.165, 1.54) is 6.42 Å². The van der Waals surface area contributed by atoms with Crippen LogP contribution < -0.4 is 9.47 Å². The third-order valence-electron chi connectivity index (χ3n) is 5.21. The highest BCUT2D eigenvalue weighted by molar-refractivity contribution is 9.10. The summed E-state index contributed by atoms with van der Waals surface area (Å²) in [6.07, 6.45) is 9.11. The van der Waals surface area contributed by atoms with Gasteiger partial charge in [0.15, 0.2) is 16.6 Å². The molecule has 0 spiro atoms. The van der Waals surface area contributed by atoms with Gasteiger partial charge in [-0.1, -0.05) is 31.9 Å². The molecule has 1 amide bonds. The lowest BCUT2D eigenvalue weighted by atomic mass is 9.94. The van der Waals surface area contributed by atoms with E-state index in [0.29, 0.717) is 35.5 Å². The van der Waals surface area contributed by atoms with Gasteiger partial charge in [-0.3, -0.25) is 9.69 Å². The number of amides is 1. The molecule has 1 heterocycles. The third kappa shape index (κ3) is 4.67. The molecule has 3 rings (SSSR count). The highest BCUT2D eigenvalue weighted by Gasteiger charge is 2.40. The quantitative estimate of drug-likeness (QED) is 0.308. The lowest BCUT2D eigenvalue weighted by Gasteiger charge is -2.30. The number of nitrogens with zero attached hydrogens (tertiary/aromatic N) is 2. The Morgan fingerprint density at radius 1 is 1.28 bits per heavy atom. The van der Waals surface area contributed by atoms with Crippen LogP contribution in [0, 0.1) is 0 Å². The molecule has 5 nitrogen and oxygen atoms in total. The fraction of sp³-hybridized carbons (Fsp3) is 0.455. The van der Waals surface area contributed by atoms with E-state index >= 15 is 0 Å². The van der Waals surface area contributed by atoms with Crippen LogP contribution in [-0.4, -0.2) is 47.1 Å². The predicted molar refractivity (Wildman–Crippen MR) is 123 cm³/mol. The van der Waals surface area contributed by atoms with Crippen molar-refractivity contribution in [3.63, 3.8) is 0 Å². The molecule has 156 valence electrons. The molecule has 0 aromatic heterocycles. The number of carbonyl (C=O) groups excluding carboxylic acids is 1. The normalized spacial score (nSPS) is 19.2. The minimum Gasteiger partial charge on any atom is -0.490 e. The topological polar surface area (TPSA) is 42.0 Å². The molecule has 0 radical (unpaired) electrons. The first-order valence-electron chi connectivity index (χ1n) is 10.0. The summed E-state index contributed by atoms with van der Waals surface area (Å²) in [5.74, 6) is 1.22. The third-order valence-corrected chi connectivity index (χ3v) is 6.27. The summed E-state index contributed by atoms with van der Waals surface area (Å²) in [4.78, 5) is 16.8. The van der Waals surface area contributed by atoms with E-state index in [1.54, 1.807) is 11.0 Å². The summed E-state index contributed by atoms with van der Waals surface area (Å²) in [5, 5.41) is 0.586. The van der Waals surface area contributed by atoms with Crippen LogP contribution >= 0.6 is 28.1 Å². The first-order chi connectivity index (χ1) is 14.0. The van der Waals surface area contributed by atoms with Crippen molar-refractivity contribution >= 4 is 45.2 Å². The Bertz CT molecular complexity index is 834. The Balaban J connectivity index is 1.93. The molecule has 0 bridgehead atoms. The molecule has 1 saturated heterocycles. The Labute approximate surface area is 186 Å². The molecule has 1 aliphatic carbocycles. The highest BCUT2D eigenvalue weighted by Crippen LogP contribution is 2.38. The Morgan fingerprint density at radius 3 is 2.66 bits per heavy atom. The smallest absolute Gasteiger partial charge is 0.277 e. The van der Waals surface area contributed by atoms with Crippen LogP contribution in [-0.2, 0) is 4.79 Å². The van der Waals surface area contributed by atoms with Gasteiger partial charge in [-0.15, -0.1) is 0 Å². The monoisotopic (exact) mass is 478 g/mol. The predicted octanol–water partition coefficient (Wildman–Crippen LogP) is 5.15. The van der Waals surface area contributed by atoms with E-state index in [1.807, 2.05) is 37.1 Å². The summed E-state index contributed by atoms with van der Waals surface area (Å²) < 4.78 is 12.3. The largest absolute Gasteiger partial charge is 0.490 e. The zero-order valence-corrected chi connectivity index (χ0v) is 19.4. The summed E-state index contributed by atoms with van der Waals surface area (Å²) in [5.41, 5.74) is 1.42. The van der Waals surface area contributed by atoms with Gasteiger partial charge >= 0.3 is 0 Å². The van der Waals surface area contributed by atoms with E-state index in [-0.39, 0.29) is 11.9 Å². The number of hydrogen-bond donors (Lipinski definition) is 0. The Morgan fingerprint density at radius 2 is 2.00 bits per heavy atom. The van der Waals surface area contributed by atoms with Crippen LogP contribution in [0.1, 0.15) is 44.6 Å².